The Morgan fingerprint density at radius 3 is 1.51 bits per heavy atom. The molecule has 234 valence electrons. The minimum atomic E-state index is -4.49. The fraction of sp³-hybridized carbons (Fsp3) is 0.897. The van der Waals surface area contributed by atoms with Gasteiger partial charge in [-0.25, -0.2) is 8.98 Å². The molecule has 0 heterocycles. The Morgan fingerprint density at radius 2 is 1.07 bits per heavy atom. The van der Waals surface area contributed by atoms with E-state index < -0.39 is 40.7 Å². The summed E-state index contributed by atoms with van der Waals surface area (Å²) < 4.78 is 32.9. The second-order valence-electron chi connectivity index (χ2n) is 10.4. The van der Waals surface area contributed by atoms with Crippen LogP contribution >= 0.6 is 0 Å². The molecule has 0 fully saturated rings. The Hall–Kier alpha value is 0.320. The Balaban J connectivity index is -0.00000722. The zero-order chi connectivity index (χ0) is 29.2. The van der Waals surface area contributed by atoms with E-state index in [1.165, 1.54) is 70.6 Å². The molecule has 0 spiro atoms. The molecular formula is C29H57NNa2O8S. The van der Waals surface area contributed by atoms with Crippen molar-refractivity contribution in [1.29, 1.82) is 0 Å². The van der Waals surface area contributed by atoms with Crippen LogP contribution in [0.5, 0.6) is 0 Å². The third-order valence-electron chi connectivity index (χ3n) is 6.70. The van der Waals surface area contributed by atoms with E-state index in [-0.39, 0.29) is 78.6 Å². The van der Waals surface area contributed by atoms with Gasteiger partial charge in [-0.15, -0.1) is 0 Å². The van der Waals surface area contributed by atoms with Crippen LogP contribution in [0, 0.1) is 0 Å². The van der Waals surface area contributed by atoms with Gasteiger partial charge in [-0.05, 0) is 19.3 Å². The van der Waals surface area contributed by atoms with Crippen molar-refractivity contribution in [2.24, 2.45) is 0 Å². The summed E-state index contributed by atoms with van der Waals surface area (Å²) in [6.45, 7) is 4.31. The topological polar surface area (TPSA) is 136 Å². The normalized spacial score (nSPS) is 11.7. The standard InChI is InChI=1S/C29H55NO8S.2Na.2H/c1-3-5-7-9-11-13-15-17-19-21-25-37-39(35,36)38-28(32)24-23-26(29(33)34)30-27(31)22-20-18-16-14-12-10-8-6-4-2;;;;/h26H,3-25H2,1-2H3,(H,30,31)(H,33,34);;;;/t26-;;;;/m0..../s1. The molecule has 41 heavy (non-hydrogen) atoms. The zero-order valence-corrected chi connectivity index (χ0v) is 25.4. The maximum absolute atomic E-state index is 12.1. The number of carboxylic acids is 1. The third-order valence-corrected chi connectivity index (χ3v) is 7.54. The summed E-state index contributed by atoms with van der Waals surface area (Å²) in [6, 6.07) is -1.29. The molecule has 0 aliphatic rings. The van der Waals surface area contributed by atoms with Gasteiger partial charge in [0.15, 0.2) is 0 Å². The number of nitrogens with one attached hydrogen (secondary N) is 1. The zero-order valence-electron chi connectivity index (χ0n) is 24.6. The van der Waals surface area contributed by atoms with E-state index in [0.717, 1.165) is 38.5 Å². The van der Waals surface area contributed by atoms with Crippen molar-refractivity contribution in [2.75, 3.05) is 6.61 Å². The number of aliphatic carboxylic acids is 1. The van der Waals surface area contributed by atoms with E-state index in [0.29, 0.717) is 12.8 Å². The molecule has 0 radical (unpaired) electrons. The Bertz CT molecular complexity index is 753. The van der Waals surface area contributed by atoms with Crippen LogP contribution in [0.1, 0.15) is 155 Å². The first-order chi connectivity index (χ1) is 18.7. The van der Waals surface area contributed by atoms with Crippen LogP contribution in [0.15, 0.2) is 0 Å². The summed E-state index contributed by atoms with van der Waals surface area (Å²) in [6.07, 6.45) is 20.4. The molecule has 0 unspecified atom stereocenters. The summed E-state index contributed by atoms with van der Waals surface area (Å²) in [4.78, 5) is 35.5. The van der Waals surface area contributed by atoms with E-state index in [9.17, 15) is 27.9 Å². The van der Waals surface area contributed by atoms with E-state index in [4.69, 9.17) is 4.18 Å². The molecule has 9 nitrogen and oxygen atoms in total. The van der Waals surface area contributed by atoms with Crippen molar-refractivity contribution in [2.45, 2.75) is 161 Å². The van der Waals surface area contributed by atoms with Gasteiger partial charge in [0.25, 0.3) is 0 Å². The predicted molar refractivity (Wildman–Crippen MR) is 168 cm³/mol. The van der Waals surface area contributed by atoms with Gasteiger partial charge in [0.05, 0.1) is 6.61 Å². The molecule has 12 heteroatoms. The average Bonchev–Trinajstić information content (AvgIpc) is 2.88. The molecule has 0 aromatic carbocycles. The predicted octanol–water partition coefficient (Wildman–Crippen LogP) is 5.69. The van der Waals surface area contributed by atoms with Gasteiger partial charge in [0.2, 0.25) is 5.91 Å². The summed E-state index contributed by atoms with van der Waals surface area (Å²) in [5, 5.41) is 11.8. The second kappa shape index (κ2) is 31.7. The molecule has 0 aromatic heterocycles. The Labute approximate surface area is 294 Å². The number of hydrogen-bond donors (Lipinski definition) is 2. The molecule has 0 aliphatic heterocycles. The van der Waals surface area contributed by atoms with Crippen molar-refractivity contribution in [3.8, 4) is 0 Å². The SMILES string of the molecule is CCCCCCCCCCCCOS(=O)(=O)OC(=O)CC[C@H](NC(=O)CCCCCCCCCCC)C(=O)O.[NaH].[NaH]. The van der Waals surface area contributed by atoms with E-state index >= 15 is 0 Å². The molecule has 0 bridgehead atoms. The number of rotatable bonds is 28. The van der Waals surface area contributed by atoms with Gasteiger partial charge < -0.3 is 14.6 Å². The molecule has 0 saturated heterocycles. The summed E-state index contributed by atoms with van der Waals surface area (Å²) in [5.41, 5.74) is 0. The Kier molecular flexibility index (Phi) is 35.4. The maximum atomic E-state index is 12.1. The van der Waals surface area contributed by atoms with Crippen LogP contribution in [-0.2, 0) is 33.1 Å². The van der Waals surface area contributed by atoms with Crippen LogP contribution in [0.25, 0.3) is 0 Å². The number of hydrogen-bond acceptors (Lipinski definition) is 7. The summed E-state index contributed by atoms with van der Waals surface area (Å²) in [7, 11) is -4.49. The first-order valence-corrected chi connectivity index (χ1v) is 16.7. The number of amides is 1. The quantitative estimate of drug-likeness (QED) is 0.0837. The number of carbonyl (C=O) groups excluding carboxylic acids is 2. The molecule has 0 rings (SSSR count). The monoisotopic (exact) mass is 625 g/mol. The molecule has 2 N–H and O–H groups in total. The number of carbonyl (C=O) groups is 3. The second-order valence-corrected chi connectivity index (χ2v) is 11.7. The van der Waals surface area contributed by atoms with Gasteiger partial charge in [0.1, 0.15) is 6.04 Å². The van der Waals surface area contributed by atoms with E-state index in [2.05, 4.69) is 23.3 Å². The molecule has 0 aliphatic carbocycles. The third kappa shape index (κ3) is 31.5. The number of carboxylic acid groups (broad SMARTS) is 1. The van der Waals surface area contributed by atoms with Crippen LogP contribution in [-0.4, -0.2) is 103 Å². The van der Waals surface area contributed by atoms with Crippen molar-refractivity contribution >= 4 is 87.4 Å². The first kappa shape index (κ1) is 45.7. The molecule has 0 saturated carbocycles. The molecule has 1 amide bonds. The first-order valence-electron chi connectivity index (χ1n) is 15.4. The van der Waals surface area contributed by atoms with Gasteiger partial charge in [-0.3, -0.25) is 9.59 Å². The molecule has 0 aromatic rings. The molecule has 1 atom stereocenters. The summed E-state index contributed by atoms with van der Waals surface area (Å²) >= 11 is 0. The van der Waals surface area contributed by atoms with Gasteiger partial charge in [-0.1, -0.05) is 123 Å². The van der Waals surface area contributed by atoms with Crippen molar-refractivity contribution in [3.05, 3.63) is 0 Å². The van der Waals surface area contributed by atoms with E-state index in [1.54, 1.807) is 0 Å². The van der Waals surface area contributed by atoms with E-state index in [1.807, 2.05) is 0 Å². The van der Waals surface area contributed by atoms with Crippen LogP contribution in [0.4, 0.5) is 0 Å². The van der Waals surface area contributed by atoms with Crippen molar-refractivity contribution in [1.82, 2.24) is 5.32 Å². The number of unbranched alkanes of at least 4 members (excludes halogenated alkanes) is 17. The average molecular weight is 626 g/mol. The van der Waals surface area contributed by atoms with Gasteiger partial charge in [-0.2, -0.15) is 8.42 Å². The van der Waals surface area contributed by atoms with Gasteiger partial charge >= 0.3 is 81.5 Å². The van der Waals surface area contributed by atoms with Crippen LogP contribution in [0.2, 0.25) is 0 Å². The fourth-order valence-electron chi connectivity index (χ4n) is 4.31. The fourth-order valence-corrected chi connectivity index (χ4v) is 4.99. The van der Waals surface area contributed by atoms with Gasteiger partial charge in [0, 0.05) is 12.8 Å². The Morgan fingerprint density at radius 1 is 0.659 bits per heavy atom. The van der Waals surface area contributed by atoms with Crippen molar-refractivity contribution in [3.63, 3.8) is 0 Å². The van der Waals surface area contributed by atoms with Crippen molar-refractivity contribution < 1.29 is 36.3 Å². The summed E-state index contributed by atoms with van der Waals surface area (Å²) in [5.74, 6) is -2.80. The molecular weight excluding hydrogens is 568 g/mol. The minimum absolute atomic E-state index is 0. The van der Waals surface area contributed by atoms with Crippen LogP contribution < -0.4 is 5.32 Å². The van der Waals surface area contributed by atoms with Crippen LogP contribution in [0.3, 0.4) is 0 Å².